The van der Waals surface area contributed by atoms with Gasteiger partial charge in [0.1, 0.15) is 5.75 Å². The molecule has 0 bridgehead atoms. The van der Waals surface area contributed by atoms with Crippen LogP contribution in [0.15, 0.2) is 84.5 Å². The number of phenolic OH excluding ortho intramolecular Hbond substituents is 1. The van der Waals surface area contributed by atoms with E-state index in [1.807, 2.05) is 12.1 Å². The highest BCUT2D eigenvalue weighted by atomic mass is 16.3. The molecular weight excluding hydrogens is 416 g/mol. The minimum absolute atomic E-state index is 0.281. The van der Waals surface area contributed by atoms with Gasteiger partial charge in [-0.05, 0) is 73.4 Å². The first-order valence-electron chi connectivity index (χ1n) is 12.8. The van der Waals surface area contributed by atoms with Crippen molar-refractivity contribution in [3.8, 4) is 5.75 Å². The summed E-state index contributed by atoms with van der Waals surface area (Å²) in [5.41, 5.74) is 7.80. The summed E-state index contributed by atoms with van der Waals surface area (Å²) in [4.78, 5) is 2.53. The molecule has 1 unspecified atom stereocenters. The van der Waals surface area contributed by atoms with E-state index in [1.54, 1.807) is 0 Å². The highest BCUT2D eigenvalue weighted by Gasteiger charge is 2.25. The minimum atomic E-state index is 0.281. The second-order valence-corrected chi connectivity index (χ2v) is 9.26. The molecule has 3 nitrogen and oxygen atoms in total. The summed E-state index contributed by atoms with van der Waals surface area (Å²) in [7, 11) is 0. The van der Waals surface area contributed by atoms with Gasteiger partial charge in [0.25, 0.3) is 0 Å². The van der Waals surface area contributed by atoms with E-state index in [0.717, 1.165) is 51.7 Å². The topological polar surface area (TPSA) is 35.5 Å². The van der Waals surface area contributed by atoms with Gasteiger partial charge >= 0.3 is 0 Å². The minimum Gasteiger partial charge on any atom is -0.508 e. The monoisotopic (exact) mass is 454 g/mol. The van der Waals surface area contributed by atoms with E-state index in [2.05, 4.69) is 90.9 Å². The molecule has 0 amide bonds. The van der Waals surface area contributed by atoms with Crippen LogP contribution < -0.4 is 5.32 Å². The smallest absolute Gasteiger partial charge is 0.115 e. The normalized spacial score (nSPS) is 18.7. The SMILES string of the molecule is CC/C=C(/NCC/C=C/C1=CCCC=C1)c1ccccc1CN1CCc2ccc(O)cc2C1C. The van der Waals surface area contributed by atoms with Crippen LogP contribution in [0.2, 0.25) is 0 Å². The molecule has 1 atom stereocenters. The lowest BCUT2D eigenvalue weighted by Gasteiger charge is -2.36. The van der Waals surface area contributed by atoms with Crippen molar-refractivity contribution in [3.63, 3.8) is 0 Å². The van der Waals surface area contributed by atoms with Gasteiger partial charge in [-0.3, -0.25) is 4.90 Å². The summed E-state index contributed by atoms with van der Waals surface area (Å²) in [6.45, 7) is 7.30. The van der Waals surface area contributed by atoms with E-state index >= 15 is 0 Å². The number of allylic oxidation sites excluding steroid dienone is 6. The maximum Gasteiger partial charge on any atom is 0.115 e. The van der Waals surface area contributed by atoms with Crippen LogP contribution in [0.1, 0.15) is 67.8 Å². The molecule has 2 aromatic carbocycles. The predicted molar refractivity (Wildman–Crippen MR) is 144 cm³/mol. The second-order valence-electron chi connectivity index (χ2n) is 9.26. The third kappa shape index (κ3) is 6.09. The first-order valence-corrected chi connectivity index (χ1v) is 12.8. The Hall–Kier alpha value is -3.04. The van der Waals surface area contributed by atoms with Gasteiger partial charge in [0.2, 0.25) is 0 Å². The van der Waals surface area contributed by atoms with E-state index in [9.17, 15) is 5.11 Å². The van der Waals surface area contributed by atoms with Crippen molar-refractivity contribution in [2.24, 2.45) is 0 Å². The lowest BCUT2D eigenvalue weighted by Crippen LogP contribution is -2.33. The van der Waals surface area contributed by atoms with Crippen molar-refractivity contribution in [1.29, 1.82) is 0 Å². The average Bonchev–Trinajstić information content (AvgIpc) is 2.86. The molecule has 3 heteroatoms. The van der Waals surface area contributed by atoms with Crippen molar-refractivity contribution in [2.45, 2.75) is 58.5 Å². The number of fused-ring (bicyclic) bond motifs is 1. The third-order valence-electron chi connectivity index (χ3n) is 6.85. The molecule has 1 heterocycles. The highest BCUT2D eigenvalue weighted by Crippen LogP contribution is 2.33. The molecule has 0 aromatic heterocycles. The first-order chi connectivity index (χ1) is 16.7. The number of hydrogen-bond acceptors (Lipinski definition) is 3. The predicted octanol–water partition coefficient (Wildman–Crippen LogP) is 7.07. The zero-order chi connectivity index (χ0) is 23.8. The van der Waals surface area contributed by atoms with Gasteiger partial charge in [-0.15, -0.1) is 0 Å². The highest BCUT2D eigenvalue weighted by molar-refractivity contribution is 5.66. The van der Waals surface area contributed by atoms with E-state index in [0.29, 0.717) is 5.75 Å². The maximum absolute atomic E-state index is 10.0. The van der Waals surface area contributed by atoms with Crippen LogP contribution in [0.5, 0.6) is 5.75 Å². The van der Waals surface area contributed by atoms with E-state index in [1.165, 1.54) is 33.5 Å². The lowest BCUT2D eigenvalue weighted by atomic mass is 9.92. The zero-order valence-electron chi connectivity index (χ0n) is 20.6. The number of benzene rings is 2. The van der Waals surface area contributed by atoms with Gasteiger partial charge in [0, 0.05) is 36.9 Å². The second kappa shape index (κ2) is 11.9. The first kappa shape index (κ1) is 24.1. The molecule has 178 valence electrons. The molecule has 0 saturated heterocycles. The van der Waals surface area contributed by atoms with Crippen LogP contribution in [0.4, 0.5) is 0 Å². The third-order valence-corrected chi connectivity index (χ3v) is 6.85. The Balaban J connectivity index is 1.43. The molecule has 1 aliphatic carbocycles. The summed E-state index contributed by atoms with van der Waals surface area (Å²) < 4.78 is 0. The number of aromatic hydroxyl groups is 1. The molecule has 2 N–H and O–H groups in total. The summed E-state index contributed by atoms with van der Waals surface area (Å²) in [5.74, 6) is 0.357. The van der Waals surface area contributed by atoms with Gasteiger partial charge in [-0.25, -0.2) is 0 Å². The Kier molecular flexibility index (Phi) is 8.43. The molecule has 4 rings (SSSR count). The van der Waals surface area contributed by atoms with Gasteiger partial charge in [-0.1, -0.05) is 73.7 Å². The molecule has 1 aliphatic heterocycles. The van der Waals surface area contributed by atoms with Crippen molar-refractivity contribution in [3.05, 3.63) is 107 Å². The van der Waals surface area contributed by atoms with Crippen molar-refractivity contribution in [2.75, 3.05) is 13.1 Å². The molecule has 2 aromatic rings. The summed E-state index contributed by atoms with van der Waals surface area (Å²) in [6, 6.07) is 14.9. The maximum atomic E-state index is 10.0. The van der Waals surface area contributed by atoms with E-state index in [4.69, 9.17) is 0 Å². The average molecular weight is 455 g/mol. The van der Waals surface area contributed by atoms with Crippen LogP contribution in [0.3, 0.4) is 0 Å². The van der Waals surface area contributed by atoms with Crippen LogP contribution >= 0.6 is 0 Å². The number of nitrogens with zero attached hydrogens (tertiary/aromatic N) is 1. The number of nitrogens with one attached hydrogen (secondary N) is 1. The summed E-state index contributed by atoms with van der Waals surface area (Å²) in [5, 5.41) is 13.7. The van der Waals surface area contributed by atoms with E-state index in [-0.39, 0.29) is 6.04 Å². The van der Waals surface area contributed by atoms with E-state index < -0.39 is 0 Å². The standard InChI is InChI=1S/C31H38N2O/c1-3-11-31(32-20-10-9-14-25-12-5-4-6-13-25)29-16-8-7-15-27(29)23-33-21-19-26-17-18-28(34)22-30(26)24(33)2/h5,7-9,11-18,22,24,32,34H,3-4,6,10,19-21,23H2,1-2H3/b14-9+,31-11+. The fraction of sp³-hybridized carbons (Fsp3) is 0.355. The quantitative estimate of drug-likeness (QED) is 0.398. The van der Waals surface area contributed by atoms with Gasteiger partial charge in [0.15, 0.2) is 0 Å². The molecular formula is C31H38N2O. The Morgan fingerprint density at radius 1 is 1.18 bits per heavy atom. The molecule has 34 heavy (non-hydrogen) atoms. The lowest BCUT2D eigenvalue weighted by molar-refractivity contribution is 0.189. The number of rotatable bonds is 9. The number of hydrogen-bond donors (Lipinski definition) is 2. The van der Waals surface area contributed by atoms with Gasteiger partial charge in [0.05, 0.1) is 0 Å². The van der Waals surface area contributed by atoms with Crippen molar-refractivity contribution >= 4 is 5.70 Å². The Labute approximate surface area is 205 Å². The Morgan fingerprint density at radius 2 is 2.06 bits per heavy atom. The van der Waals surface area contributed by atoms with Crippen molar-refractivity contribution in [1.82, 2.24) is 10.2 Å². The largest absolute Gasteiger partial charge is 0.508 e. The Morgan fingerprint density at radius 3 is 2.88 bits per heavy atom. The Bertz CT molecular complexity index is 1090. The van der Waals surface area contributed by atoms with Crippen LogP contribution in [-0.2, 0) is 13.0 Å². The summed E-state index contributed by atoms with van der Waals surface area (Å²) >= 11 is 0. The molecule has 0 spiro atoms. The molecule has 0 radical (unpaired) electrons. The fourth-order valence-corrected chi connectivity index (χ4v) is 4.96. The molecule has 0 saturated carbocycles. The van der Waals surface area contributed by atoms with Gasteiger partial charge < -0.3 is 10.4 Å². The van der Waals surface area contributed by atoms with Crippen LogP contribution in [-0.4, -0.2) is 23.1 Å². The zero-order valence-corrected chi connectivity index (χ0v) is 20.6. The number of phenols is 1. The van der Waals surface area contributed by atoms with Crippen LogP contribution in [0, 0.1) is 0 Å². The summed E-state index contributed by atoms with van der Waals surface area (Å²) in [6.07, 6.45) is 18.9. The van der Waals surface area contributed by atoms with Gasteiger partial charge in [-0.2, -0.15) is 0 Å². The van der Waals surface area contributed by atoms with Crippen LogP contribution in [0.25, 0.3) is 5.70 Å². The molecule has 2 aliphatic rings. The van der Waals surface area contributed by atoms with Crippen molar-refractivity contribution < 1.29 is 5.11 Å². The molecule has 0 fully saturated rings. The fourth-order valence-electron chi connectivity index (χ4n) is 4.96.